The van der Waals surface area contributed by atoms with Crippen molar-refractivity contribution in [1.29, 1.82) is 0 Å². The first-order chi connectivity index (χ1) is 9.91. The van der Waals surface area contributed by atoms with Crippen LogP contribution in [-0.4, -0.2) is 31.1 Å². The number of hydrogen-bond donors (Lipinski definition) is 1. The highest BCUT2D eigenvalue weighted by molar-refractivity contribution is 5.28. The molecule has 1 aliphatic rings. The highest BCUT2D eigenvalue weighted by Crippen LogP contribution is 2.42. The van der Waals surface area contributed by atoms with Gasteiger partial charge < -0.3 is 10.5 Å². The molecule has 0 aliphatic heterocycles. The second kappa shape index (κ2) is 6.37. The number of nitrogens with zero attached hydrogens (tertiary/aromatic N) is 1. The van der Waals surface area contributed by atoms with E-state index in [2.05, 4.69) is 44.0 Å². The predicted octanol–water partition coefficient (Wildman–Crippen LogP) is 3.42. The molecule has 0 atom stereocenters. The molecule has 1 fully saturated rings. The van der Waals surface area contributed by atoms with Gasteiger partial charge >= 0.3 is 0 Å². The molecular weight excluding hydrogens is 260 g/mol. The van der Waals surface area contributed by atoms with Crippen LogP contribution in [0.15, 0.2) is 24.3 Å². The lowest BCUT2D eigenvalue weighted by molar-refractivity contribution is 0.0364. The van der Waals surface area contributed by atoms with E-state index in [4.69, 9.17) is 10.5 Å². The Morgan fingerprint density at radius 2 is 1.86 bits per heavy atom. The van der Waals surface area contributed by atoms with E-state index in [0.29, 0.717) is 5.41 Å². The molecule has 0 aromatic heterocycles. The summed E-state index contributed by atoms with van der Waals surface area (Å²) in [6.45, 7) is 6.41. The lowest BCUT2D eigenvalue weighted by Gasteiger charge is -2.48. The van der Waals surface area contributed by atoms with Crippen LogP contribution in [0.4, 0.5) is 0 Å². The monoisotopic (exact) mass is 290 g/mol. The average Bonchev–Trinajstić information content (AvgIpc) is 2.48. The SMILES string of the molecule is COc1cccc(CN(C)C2(CN)CCC(C)(C)CC2)c1. The highest BCUT2D eigenvalue weighted by atomic mass is 16.5. The zero-order valence-corrected chi connectivity index (χ0v) is 14.0. The van der Waals surface area contributed by atoms with E-state index in [0.717, 1.165) is 18.8 Å². The van der Waals surface area contributed by atoms with Gasteiger partial charge in [-0.15, -0.1) is 0 Å². The molecule has 21 heavy (non-hydrogen) atoms. The molecule has 0 radical (unpaired) electrons. The molecule has 0 saturated heterocycles. The van der Waals surface area contributed by atoms with Crippen LogP contribution in [0, 0.1) is 5.41 Å². The van der Waals surface area contributed by atoms with Gasteiger partial charge in [0, 0.05) is 18.6 Å². The maximum absolute atomic E-state index is 6.17. The van der Waals surface area contributed by atoms with E-state index in [9.17, 15) is 0 Å². The average molecular weight is 290 g/mol. The van der Waals surface area contributed by atoms with Gasteiger partial charge in [0.1, 0.15) is 5.75 Å². The van der Waals surface area contributed by atoms with Crippen LogP contribution in [0.3, 0.4) is 0 Å². The van der Waals surface area contributed by atoms with Crippen molar-refractivity contribution in [2.24, 2.45) is 11.1 Å². The van der Waals surface area contributed by atoms with E-state index in [1.807, 2.05) is 6.07 Å². The minimum absolute atomic E-state index is 0.151. The molecule has 0 heterocycles. The van der Waals surface area contributed by atoms with Gasteiger partial charge in [-0.2, -0.15) is 0 Å². The third-order valence-corrected chi connectivity index (χ3v) is 5.28. The number of rotatable bonds is 5. The maximum Gasteiger partial charge on any atom is 0.119 e. The smallest absolute Gasteiger partial charge is 0.119 e. The summed E-state index contributed by atoms with van der Waals surface area (Å²) >= 11 is 0. The molecule has 1 aromatic rings. The molecule has 1 aromatic carbocycles. The van der Waals surface area contributed by atoms with Crippen molar-refractivity contribution < 1.29 is 4.74 Å². The van der Waals surface area contributed by atoms with Crippen LogP contribution < -0.4 is 10.5 Å². The quantitative estimate of drug-likeness (QED) is 0.903. The second-order valence-electron chi connectivity index (χ2n) is 7.30. The van der Waals surface area contributed by atoms with Crippen molar-refractivity contribution in [2.75, 3.05) is 20.7 Å². The molecule has 1 saturated carbocycles. The minimum atomic E-state index is 0.151. The zero-order chi connectivity index (χ0) is 15.5. The Bertz CT molecular complexity index is 460. The number of benzene rings is 1. The van der Waals surface area contributed by atoms with E-state index in [-0.39, 0.29) is 5.54 Å². The Kier molecular flexibility index (Phi) is 4.95. The van der Waals surface area contributed by atoms with E-state index < -0.39 is 0 Å². The molecule has 0 spiro atoms. The van der Waals surface area contributed by atoms with Crippen LogP contribution in [0.25, 0.3) is 0 Å². The number of methoxy groups -OCH3 is 1. The molecule has 2 rings (SSSR count). The number of hydrogen-bond acceptors (Lipinski definition) is 3. The van der Waals surface area contributed by atoms with Crippen LogP contribution in [0.2, 0.25) is 0 Å². The normalized spacial score (nSPS) is 20.5. The van der Waals surface area contributed by atoms with Crippen molar-refractivity contribution in [1.82, 2.24) is 4.90 Å². The molecule has 3 heteroatoms. The number of nitrogens with two attached hydrogens (primary N) is 1. The molecule has 0 bridgehead atoms. The molecule has 118 valence electrons. The molecule has 1 aliphatic carbocycles. The lowest BCUT2D eigenvalue weighted by atomic mass is 9.68. The fourth-order valence-electron chi connectivity index (χ4n) is 3.35. The van der Waals surface area contributed by atoms with Crippen LogP contribution in [0.5, 0.6) is 5.75 Å². The van der Waals surface area contributed by atoms with Crippen LogP contribution in [0.1, 0.15) is 45.1 Å². The number of ether oxygens (including phenoxy) is 1. The van der Waals surface area contributed by atoms with Gasteiger partial charge in [-0.05, 0) is 55.8 Å². The van der Waals surface area contributed by atoms with E-state index in [1.165, 1.54) is 31.2 Å². The van der Waals surface area contributed by atoms with Crippen molar-refractivity contribution in [2.45, 2.75) is 51.6 Å². The Hall–Kier alpha value is -1.06. The van der Waals surface area contributed by atoms with Gasteiger partial charge in [0.15, 0.2) is 0 Å². The van der Waals surface area contributed by atoms with Crippen molar-refractivity contribution in [3.05, 3.63) is 29.8 Å². The van der Waals surface area contributed by atoms with Crippen LogP contribution in [-0.2, 0) is 6.54 Å². The second-order valence-corrected chi connectivity index (χ2v) is 7.30. The molecule has 0 amide bonds. The van der Waals surface area contributed by atoms with Crippen molar-refractivity contribution in [3.8, 4) is 5.75 Å². The summed E-state index contributed by atoms with van der Waals surface area (Å²) in [5, 5.41) is 0. The third kappa shape index (κ3) is 3.78. The van der Waals surface area contributed by atoms with Gasteiger partial charge in [-0.25, -0.2) is 0 Å². The Morgan fingerprint density at radius 3 is 2.43 bits per heavy atom. The summed E-state index contributed by atoms with van der Waals surface area (Å²) in [4.78, 5) is 2.46. The minimum Gasteiger partial charge on any atom is -0.497 e. The van der Waals surface area contributed by atoms with Gasteiger partial charge in [-0.1, -0.05) is 26.0 Å². The summed E-state index contributed by atoms with van der Waals surface area (Å²) < 4.78 is 5.32. The lowest BCUT2D eigenvalue weighted by Crippen LogP contribution is -2.54. The van der Waals surface area contributed by atoms with Gasteiger partial charge in [0.2, 0.25) is 0 Å². The summed E-state index contributed by atoms with van der Waals surface area (Å²) in [6.07, 6.45) is 4.90. The molecule has 0 unspecified atom stereocenters. The third-order valence-electron chi connectivity index (χ3n) is 5.28. The van der Waals surface area contributed by atoms with Crippen molar-refractivity contribution in [3.63, 3.8) is 0 Å². The predicted molar refractivity (Wildman–Crippen MR) is 88.5 cm³/mol. The Labute approximate surface area is 129 Å². The summed E-state index contributed by atoms with van der Waals surface area (Å²) in [6, 6.07) is 8.33. The van der Waals surface area contributed by atoms with Gasteiger partial charge in [0.05, 0.1) is 7.11 Å². The standard InChI is InChI=1S/C18H30N2O/c1-17(2)8-10-18(14-19,11-9-17)20(3)13-15-6-5-7-16(12-15)21-4/h5-7,12H,8-11,13-14,19H2,1-4H3. The Balaban J connectivity index is 2.08. The molecule has 3 nitrogen and oxygen atoms in total. The maximum atomic E-state index is 6.17. The summed E-state index contributed by atoms with van der Waals surface area (Å²) in [5.74, 6) is 0.924. The molecule has 2 N–H and O–H groups in total. The van der Waals surface area contributed by atoms with Crippen LogP contribution >= 0.6 is 0 Å². The van der Waals surface area contributed by atoms with Crippen molar-refractivity contribution >= 4 is 0 Å². The largest absolute Gasteiger partial charge is 0.497 e. The fraction of sp³-hybridized carbons (Fsp3) is 0.667. The topological polar surface area (TPSA) is 38.5 Å². The number of likely N-dealkylation sites (N-methyl/N-ethyl adjacent to an activating group) is 1. The first-order valence-corrected chi connectivity index (χ1v) is 7.95. The van der Waals surface area contributed by atoms with Gasteiger partial charge in [0.25, 0.3) is 0 Å². The molecular formula is C18H30N2O. The van der Waals surface area contributed by atoms with E-state index in [1.54, 1.807) is 7.11 Å². The Morgan fingerprint density at radius 1 is 1.19 bits per heavy atom. The highest BCUT2D eigenvalue weighted by Gasteiger charge is 2.40. The first kappa shape index (κ1) is 16.3. The van der Waals surface area contributed by atoms with Gasteiger partial charge in [-0.3, -0.25) is 4.90 Å². The van der Waals surface area contributed by atoms with E-state index >= 15 is 0 Å². The zero-order valence-electron chi connectivity index (χ0n) is 14.0. The fourth-order valence-corrected chi connectivity index (χ4v) is 3.35. The summed E-state index contributed by atoms with van der Waals surface area (Å²) in [5.41, 5.74) is 8.08. The summed E-state index contributed by atoms with van der Waals surface area (Å²) in [7, 11) is 3.93. The first-order valence-electron chi connectivity index (χ1n) is 7.95.